The maximum Gasteiger partial charge on any atom is 0.343 e. The number of nitrogens with one attached hydrogen (secondary N) is 2. The van der Waals surface area contributed by atoms with Crippen LogP contribution in [0.3, 0.4) is 0 Å². The van der Waals surface area contributed by atoms with Crippen molar-refractivity contribution >= 4 is 52.8 Å². The van der Waals surface area contributed by atoms with Crippen LogP contribution in [-0.2, 0) is 4.79 Å². The highest BCUT2D eigenvalue weighted by molar-refractivity contribution is 6.31. The average molecular weight is 813 g/mol. The summed E-state index contributed by atoms with van der Waals surface area (Å²) in [5.74, 6) is -1.46. The number of hydrogen-bond donors (Lipinski definition) is 2. The largest absolute Gasteiger partial charge is 0.490 e. The molecule has 5 heterocycles. The molecule has 18 heteroatoms. The maximum absolute atomic E-state index is 15.3. The van der Waals surface area contributed by atoms with Crippen molar-refractivity contribution in [1.82, 2.24) is 35.7 Å². The molecule has 0 unspecified atom stereocenters. The SMILES string of the molecule is N#Cc1ccc(OC2CCC(NC(=O)c3ccc(N4CCC(CN5CCN(c6cc(F)c7c(c6)C(=O)N(N6CCC(=O)NC6=O)C7=O)CC5)CC4)nn3)CC2)cc1Cl. The third kappa shape index (κ3) is 8.12. The molecule has 1 aromatic heterocycles. The third-order valence-electron chi connectivity index (χ3n) is 11.6. The van der Waals surface area contributed by atoms with Crippen molar-refractivity contribution in [3.63, 3.8) is 0 Å². The first-order chi connectivity index (χ1) is 28.0. The molecule has 4 fully saturated rings. The molecule has 3 saturated heterocycles. The molecule has 1 aliphatic carbocycles. The number of amides is 6. The van der Waals surface area contributed by atoms with E-state index in [1.807, 2.05) is 17.0 Å². The van der Waals surface area contributed by atoms with Gasteiger partial charge in [0.2, 0.25) is 5.91 Å². The molecular weight excluding hydrogens is 771 g/mol. The predicted molar refractivity (Wildman–Crippen MR) is 208 cm³/mol. The van der Waals surface area contributed by atoms with E-state index < -0.39 is 29.6 Å². The Morgan fingerprint density at radius 3 is 2.33 bits per heavy atom. The van der Waals surface area contributed by atoms with Gasteiger partial charge >= 0.3 is 6.03 Å². The molecule has 6 amide bonds. The van der Waals surface area contributed by atoms with Gasteiger partial charge in [-0.1, -0.05) is 11.6 Å². The zero-order chi connectivity index (χ0) is 40.5. The van der Waals surface area contributed by atoms with E-state index in [1.165, 1.54) is 12.1 Å². The smallest absolute Gasteiger partial charge is 0.343 e. The Hall–Kier alpha value is -5.86. The number of ether oxygens (including phenoxy) is 1. The van der Waals surface area contributed by atoms with Crippen molar-refractivity contribution in [1.29, 1.82) is 5.26 Å². The summed E-state index contributed by atoms with van der Waals surface area (Å²) in [6.45, 7) is 5.12. The first-order valence-electron chi connectivity index (χ1n) is 19.6. The lowest BCUT2D eigenvalue weighted by Gasteiger charge is -2.39. The fraction of sp³-hybridized carbons (Fsp3) is 0.450. The zero-order valence-electron chi connectivity index (χ0n) is 31.7. The average Bonchev–Trinajstić information content (AvgIpc) is 3.48. The number of hydrazine groups is 1. The van der Waals surface area contributed by atoms with Gasteiger partial charge in [0.25, 0.3) is 17.7 Å². The summed E-state index contributed by atoms with van der Waals surface area (Å²) in [6, 6.07) is 12.6. The summed E-state index contributed by atoms with van der Waals surface area (Å²) in [5, 5.41) is 24.7. The Balaban J connectivity index is 0.763. The minimum atomic E-state index is -0.928. The molecule has 2 N–H and O–H groups in total. The lowest BCUT2D eigenvalue weighted by atomic mass is 9.93. The van der Waals surface area contributed by atoms with Crippen LogP contribution >= 0.6 is 11.6 Å². The van der Waals surface area contributed by atoms with Gasteiger partial charge in [-0.2, -0.15) is 10.3 Å². The van der Waals surface area contributed by atoms with Crippen LogP contribution in [0.4, 0.5) is 20.7 Å². The number of hydrogen-bond acceptors (Lipinski definition) is 12. The first kappa shape index (κ1) is 39.0. The highest BCUT2D eigenvalue weighted by Crippen LogP contribution is 2.33. The lowest BCUT2D eigenvalue weighted by Crippen LogP contribution is -2.58. The first-order valence-corrected chi connectivity index (χ1v) is 20.0. The maximum atomic E-state index is 15.3. The van der Waals surface area contributed by atoms with E-state index in [2.05, 4.69) is 30.6 Å². The number of halogens is 2. The van der Waals surface area contributed by atoms with Crippen LogP contribution in [0.2, 0.25) is 5.02 Å². The molecule has 8 rings (SSSR count). The molecule has 4 aliphatic heterocycles. The van der Waals surface area contributed by atoms with E-state index in [0.717, 1.165) is 82.1 Å². The van der Waals surface area contributed by atoms with Crippen LogP contribution in [0.5, 0.6) is 5.75 Å². The second-order valence-electron chi connectivity index (χ2n) is 15.3. The fourth-order valence-electron chi connectivity index (χ4n) is 8.39. The van der Waals surface area contributed by atoms with Crippen molar-refractivity contribution < 1.29 is 33.1 Å². The van der Waals surface area contributed by atoms with Gasteiger partial charge in [0.15, 0.2) is 11.5 Å². The summed E-state index contributed by atoms with van der Waals surface area (Å²) in [7, 11) is 0. The standard InChI is InChI=1S/C40H42ClFN10O6/c41-31-21-29(4-1-25(31)22-43)58-28-5-2-26(3-6-28)44-37(54)33-7-8-34(47-46-33)50-12-9-24(10-13-50)23-48-15-17-49(18-16-48)27-19-30-36(32(42)20-27)39(56)52(38(30)55)51-14-11-35(53)45-40(51)57/h1,4,7-8,19-21,24,26,28H,2-3,5-6,9-18,23H2,(H,44,54)(H,45,53,57). The summed E-state index contributed by atoms with van der Waals surface area (Å²) in [6.07, 6.45) is 4.96. The van der Waals surface area contributed by atoms with Gasteiger partial charge in [0.1, 0.15) is 17.6 Å². The molecule has 2 aromatic carbocycles. The second-order valence-corrected chi connectivity index (χ2v) is 15.7. The molecule has 1 saturated carbocycles. The van der Waals surface area contributed by atoms with Gasteiger partial charge in [-0.05, 0) is 80.8 Å². The van der Waals surface area contributed by atoms with Crippen molar-refractivity contribution in [3.05, 3.63) is 75.7 Å². The summed E-state index contributed by atoms with van der Waals surface area (Å²) < 4.78 is 21.4. The van der Waals surface area contributed by atoms with Crippen LogP contribution in [0, 0.1) is 23.1 Å². The van der Waals surface area contributed by atoms with Crippen LogP contribution in [0.1, 0.15) is 81.7 Å². The Bertz CT molecular complexity index is 2160. The number of nitrogens with zero attached hydrogens (tertiary/aromatic N) is 8. The van der Waals surface area contributed by atoms with Gasteiger partial charge in [-0.25, -0.2) is 14.2 Å². The molecular formula is C40H42ClFN10O6. The van der Waals surface area contributed by atoms with Crippen LogP contribution in [-0.4, -0.2) is 119 Å². The second kappa shape index (κ2) is 16.5. The lowest BCUT2D eigenvalue weighted by molar-refractivity contribution is -0.122. The number of carbonyl (C=O) groups excluding carboxylic acids is 5. The Labute approximate surface area is 338 Å². The van der Waals surface area contributed by atoms with Gasteiger partial charge in [-0.3, -0.25) is 29.4 Å². The number of piperidine rings is 1. The number of aromatic nitrogens is 2. The Kier molecular flexibility index (Phi) is 11.1. The van der Waals surface area contributed by atoms with Crippen molar-refractivity contribution in [3.8, 4) is 11.8 Å². The Morgan fingerprint density at radius 1 is 0.897 bits per heavy atom. The molecule has 3 aromatic rings. The molecule has 0 spiro atoms. The fourth-order valence-corrected chi connectivity index (χ4v) is 8.60. The minimum Gasteiger partial charge on any atom is -0.490 e. The summed E-state index contributed by atoms with van der Waals surface area (Å²) >= 11 is 6.14. The number of anilines is 2. The monoisotopic (exact) mass is 812 g/mol. The molecule has 16 nitrogen and oxygen atoms in total. The summed E-state index contributed by atoms with van der Waals surface area (Å²) in [4.78, 5) is 69.8. The number of fused-ring (bicyclic) bond motifs is 1. The van der Waals surface area contributed by atoms with Crippen molar-refractivity contribution in [2.75, 3.05) is 62.2 Å². The molecule has 5 aliphatic rings. The molecule has 0 bridgehead atoms. The molecule has 0 radical (unpaired) electrons. The molecule has 0 atom stereocenters. The number of rotatable bonds is 9. The van der Waals surface area contributed by atoms with Crippen molar-refractivity contribution in [2.24, 2.45) is 5.92 Å². The van der Waals surface area contributed by atoms with Crippen LogP contribution in [0.25, 0.3) is 0 Å². The summed E-state index contributed by atoms with van der Waals surface area (Å²) in [5.41, 5.74) is 0.703. The third-order valence-corrected chi connectivity index (χ3v) is 11.9. The van der Waals surface area contributed by atoms with E-state index in [9.17, 15) is 24.0 Å². The number of carbonyl (C=O) groups is 5. The van der Waals surface area contributed by atoms with Gasteiger partial charge in [0, 0.05) is 70.0 Å². The zero-order valence-corrected chi connectivity index (χ0v) is 32.4. The topological polar surface area (TPSA) is 184 Å². The number of imide groups is 2. The quantitative estimate of drug-likeness (QED) is 0.299. The van der Waals surface area contributed by atoms with E-state index in [-0.39, 0.29) is 47.8 Å². The van der Waals surface area contributed by atoms with Crippen LogP contribution < -0.4 is 25.2 Å². The molecule has 58 heavy (non-hydrogen) atoms. The van der Waals surface area contributed by atoms with Crippen molar-refractivity contribution in [2.45, 2.75) is 57.1 Å². The van der Waals surface area contributed by atoms with E-state index in [1.54, 1.807) is 24.3 Å². The van der Waals surface area contributed by atoms with Crippen LogP contribution in [0.15, 0.2) is 42.5 Å². The van der Waals surface area contributed by atoms with Gasteiger partial charge in [0.05, 0.1) is 34.4 Å². The number of nitriles is 1. The Morgan fingerprint density at radius 2 is 1.66 bits per heavy atom. The minimum absolute atomic E-state index is 0.00533. The number of urea groups is 1. The number of benzene rings is 2. The highest BCUT2D eigenvalue weighted by atomic mass is 35.5. The van der Waals surface area contributed by atoms with E-state index in [4.69, 9.17) is 21.6 Å². The molecule has 302 valence electrons. The number of piperazine rings is 1. The predicted octanol–water partition coefficient (Wildman–Crippen LogP) is 3.75. The van der Waals surface area contributed by atoms with E-state index in [0.29, 0.717) is 46.0 Å². The van der Waals surface area contributed by atoms with Gasteiger partial charge < -0.3 is 19.9 Å². The van der Waals surface area contributed by atoms with E-state index >= 15 is 4.39 Å². The highest BCUT2D eigenvalue weighted by Gasteiger charge is 2.45. The normalized spacial score (nSPS) is 21.8. The van der Waals surface area contributed by atoms with Gasteiger partial charge in [-0.15, -0.1) is 10.2 Å².